The molecule has 1 fully saturated rings. The van der Waals surface area contributed by atoms with Crippen LogP contribution in [0.4, 0.5) is 0 Å². The number of allylic oxidation sites excluding steroid dienone is 2. The molecule has 1 aliphatic carbocycles. The molecule has 0 spiro atoms. The van der Waals surface area contributed by atoms with Gasteiger partial charge in [-0.25, -0.2) is 0 Å². The maximum absolute atomic E-state index is 3.72. The minimum Gasteiger partial charge on any atom is -0.306 e. The monoisotopic (exact) mass is 226 g/mol. The van der Waals surface area contributed by atoms with E-state index in [1.165, 1.54) is 24.8 Å². The molecule has 0 nitrogen and oxygen atoms in total. The van der Waals surface area contributed by atoms with Gasteiger partial charge in [0.25, 0.3) is 0 Å². The van der Waals surface area contributed by atoms with Crippen LogP contribution in [0.3, 0.4) is 0 Å². The van der Waals surface area contributed by atoms with E-state index in [9.17, 15) is 0 Å². The highest BCUT2D eigenvalue weighted by Crippen LogP contribution is 2.38. The van der Waals surface area contributed by atoms with Gasteiger partial charge in [-0.1, -0.05) is 24.5 Å². The molecule has 0 aromatic carbocycles. The minimum atomic E-state index is 0.0679. The Morgan fingerprint density at radius 3 is 2.73 bits per heavy atom. The number of rotatable bonds is 2. The van der Waals surface area contributed by atoms with Gasteiger partial charge in [-0.05, 0) is 26.2 Å². The van der Waals surface area contributed by atoms with Crippen molar-refractivity contribution in [1.29, 1.82) is 0 Å². The lowest BCUT2D eigenvalue weighted by Crippen LogP contribution is -2.02. The average Bonchev–Trinajstić information content (AvgIpc) is 2.34. The lowest BCUT2D eigenvalue weighted by atomic mass is 10.1. The standard InChI is InChI=1S/C9H15.BrH.Mg/c1-8(2)7-9-5-3-4-6-9;;/h5,7,9H,3-4,6H2,1-2H3;1H;/q;;+1/p-1. The highest BCUT2D eigenvalue weighted by Gasteiger charge is 2.25. The normalized spacial score (nSPS) is 29.7. The van der Waals surface area contributed by atoms with E-state index >= 15 is 0 Å². The van der Waals surface area contributed by atoms with Gasteiger partial charge >= 0.3 is 18.2 Å². The molecule has 0 aromatic heterocycles. The summed E-state index contributed by atoms with van der Waals surface area (Å²) in [7, 11) is 0. The summed E-state index contributed by atoms with van der Waals surface area (Å²) in [5.74, 6) is 0.922. The summed E-state index contributed by atoms with van der Waals surface area (Å²) in [6.07, 6.45) is 6.85. The highest BCUT2D eigenvalue weighted by atomic mass is 79.9. The lowest BCUT2D eigenvalue weighted by Gasteiger charge is -2.12. The van der Waals surface area contributed by atoms with Crippen LogP contribution in [0.15, 0.2) is 11.6 Å². The first-order valence-electron chi connectivity index (χ1n) is 4.45. The predicted molar refractivity (Wildman–Crippen MR) is 55.2 cm³/mol. The first-order valence-corrected chi connectivity index (χ1v) is 9.16. The fourth-order valence-corrected chi connectivity index (χ4v) is 5.36. The van der Waals surface area contributed by atoms with Crippen LogP contribution >= 0.6 is 12.9 Å². The van der Waals surface area contributed by atoms with E-state index in [2.05, 4.69) is 32.8 Å². The summed E-state index contributed by atoms with van der Waals surface area (Å²) in [5, 5.41) is 0. The molecule has 2 atom stereocenters. The third-order valence-electron chi connectivity index (χ3n) is 2.46. The molecule has 2 heteroatoms. The molecule has 1 saturated carbocycles. The second-order valence-corrected chi connectivity index (χ2v) is 7.05. The van der Waals surface area contributed by atoms with Crippen LogP contribution in [0.5, 0.6) is 0 Å². The van der Waals surface area contributed by atoms with Gasteiger partial charge in [0.2, 0.25) is 0 Å². The molecule has 0 aromatic rings. The molecule has 0 N–H and O–H groups in total. The molecular weight excluding hydrogens is 212 g/mol. The smallest absolute Gasteiger partial charge is 0.306 e. The first-order chi connectivity index (χ1) is 5.24. The number of hydrogen-bond donors (Lipinski definition) is 0. The minimum absolute atomic E-state index is 0.0679. The summed E-state index contributed by atoms with van der Waals surface area (Å²) in [6.45, 7) is 4.43. The Bertz CT molecular complexity index is 150. The third kappa shape index (κ3) is 3.07. The molecule has 2 unspecified atom stereocenters. The van der Waals surface area contributed by atoms with Gasteiger partial charge in [0.1, 0.15) is 0 Å². The van der Waals surface area contributed by atoms with E-state index < -0.39 is 0 Å². The van der Waals surface area contributed by atoms with Crippen LogP contribution in [0.25, 0.3) is 0 Å². The zero-order valence-electron chi connectivity index (χ0n) is 7.44. The fraction of sp³-hybridized carbons (Fsp3) is 0.778. The van der Waals surface area contributed by atoms with Crippen LogP contribution in [-0.4, -0.2) is 18.2 Å². The summed E-state index contributed by atoms with van der Waals surface area (Å²) >= 11 is 3.78. The summed E-state index contributed by atoms with van der Waals surface area (Å²) in [6, 6.07) is 0. The van der Waals surface area contributed by atoms with Crippen LogP contribution < -0.4 is 0 Å². The second kappa shape index (κ2) is 4.88. The van der Waals surface area contributed by atoms with E-state index in [1.54, 1.807) is 0 Å². The summed E-state index contributed by atoms with van der Waals surface area (Å²) in [4.78, 5) is 0. The van der Waals surface area contributed by atoms with Gasteiger partial charge in [-0.15, -0.1) is 4.05 Å². The Hall–Kier alpha value is 0.986. The van der Waals surface area contributed by atoms with Gasteiger partial charge in [-0.3, -0.25) is 0 Å². The molecule has 0 heterocycles. The zero-order chi connectivity index (χ0) is 8.27. The van der Waals surface area contributed by atoms with Crippen molar-refractivity contribution >= 4 is 31.1 Å². The van der Waals surface area contributed by atoms with Crippen molar-refractivity contribution in [2.24, 2.45) is 5.92 Å². The van der Waals surface area contributed by atoms with Gasteiger partial charge in [0.15, 0.2) is 0 Å². The van der Waals surface area contributed by atoms with E-state index in [-0.39, 0.29) is 18.2 Å². The summed E-state index contributed by atoms with van der Waals surface area (Å²) in [5.41, 5.74) is 1.50. The molecule has 0 radical (unpaired) electrons. The lowest BCUT2D eigenvalue weighted by molar-refractivity contribution is 0.678. The van der Waals surface area contributed by atoms with E-state index in [1.807, 2.05) is 0 Å². The third-order valence-corrected chi connectivity index (χ3v) is 6.37. The van der Waals surface area contributed by atoms with Crippen LogP contribution in [-0.2, 0) is 0 Å². The van der Waals surface area contributed by atoms with Crippen LogP contribution in [0.1, 0.15) is 33.1 Å². The molecular formula is C9H15BrMg. The Morgan fingerprint density at radius 2 is 2.18 bits per heavy atom. The molecule has 0 aliphatic heterocycles. The molecule has 0 bridgehead atoms. The van der Waals surface area contributed by atoms with Gasteiger partial charge in [-0.2, -0.15) is 0 Å². The Morgan fingerprint density at radius 1 is 1.45 bits per heavy atom. The van der Waals surface area contributed by atoms with Crippen LogP contribution in [0.2, 0.25) is 4.05 Å². The predicted octanol–water partition coefficient (Wildman–Crippen LogP) is 3.56. The molecule has 1 aliphatic rings. The van der Waals surface area contributed by atoms with Crippen molar-refractivity contribution in [2.75, 3.05) is 0 Å². The molecule has 1 rings (SSSR count). The van der Waals surface area contributed by atoms with Gasteiger partial charge < -0.3 is 12.9 Å². The average molecular weight is 227 g/mol. The molecule has 0 amide bonds. The molecule has 60 valence electrons. The SMILES string of the molecule is CC(C)=CC1CCC[CH]1[Mg][Br]. The first kappa shape index (κ1) is 10.1. The van der Waals surface area contributed by atoms with Crippen LogP contribution in [0, 0.1) is 5.92 Å². The Labute approximate surface area is 85.4 Å². The zero-order valence-corrected chi connectivity index (χ0v) is 10.4. The Kier molecular flexibility index (Phi) is 4.47. The Balaban J connectivity index is 2.50. The van der Waals surface area contributed by atoms with E-state index in [0.717, 1.165) is 9.97 Å². The second-order valence-electron chi connectivity index (χ2n) is 3.75. The molecule has 11 heavy (non-hydrogen) atoms. The van der Waals surface area contributed by atoms with E-state index in [0.29, 0.717) is 0 Å². The maximum atomic E-state index is 3.72. The maximum Gasteiger partial charge on any atom is 0.472 e. The fourth-order valence-electron chi connectivity index (χ4n) is 1.90. The topological polar surface area (TPSA) is 0 Å². The van der Waals surface area contributed by atoms with Crippen molar-refractivity contribution in [2.45, 2.75) is 37.2 Å². The largest absolute Gasteiger partial charge is 0.472 e. The quantitative estimate of drug-likeness (QED) is 0.500. The highest BCUT2D eigenvalue weighted by molar-refractivity contribution is 9.23. The van der Waals surface area contributed by atoms with Gasteiger partial charge in [0, 0.05) is 0 Å². The van der Waals surface area contributed by atoms with Crippen molar-refractivity contribution in [1.82, 2.24) is 0 Å². The van der Waals surface area contributed by atoms with Crippen molar-refractivity contribution < 1.29 is 0 Å². The van der Waals surface area contributed by atoms with E-state index in [4.69, 9.17) is 0 Å². The van der Waals surface area contributed by atoms with Crippen molar-refractivity contribution in [3.63, 3.8) is 0 Å². The summed E-state index contributed by atoms with van der Waals surface area (Å²) < 4.78 is 1.05. The molecule has 0 saturated heterocycles. The number of hydrogen-bond acceptors (Lipinski definition) is 0. The number of halogens is 1. The van der Waals surface area contributed by atoms with Crippen molar-refractivity contribution in [3.8, 4) is 0 Å². The van der Waals surface area contributed by atoms with Gasteiger partial charge in [0.05, 0.1) is 0 Å². The van der Waals surface area contributed by atoms with Crippen molar-refractivity contribution in [3.05, 3.63) is 11.6 Å².